The van der Waals surface area contributed by atoms with Gasteiger partial charge in [-0.05, 0) is 34.1 Å². The van der Waals surface area contributed by atoms with Crippen molar-refractivity contribution in [3.8, 4) is 0 Å². The van der Waals surface area contributed by atoms with E-state index in [9.17, 15) is 4.79 Å². The van der Waals surface area contributed by atoms with Crippen molar-refractivity contribution in [1.29, 1.82) is 0 Å². The topological polar surface area (TPSA) is 36.0 Å². The number of morpholine rings is 1. The second kappa shape index (κ2) is 5.90. The summed E-state index contributed by atoms with van der Waals surface area (Å²) in [6, 6.07) is 0.907. The second-order valence-electron chi connectivity index (χ2n) is 6.75. The predicted octanol–water partition coefficient (Wildman–Crippen LogP) is 1.63. The molecule has 5 heteroatoms. The fourth-order valence-corrected chi connectivity index (χ4v) is 3.02. The molecular weight excluding hydrogens is 254 g/mol. The molecule has 0 aromatic heterocycles. The molecule has 116 valence electrons. The highest BCUT2D eigenvalue weighted by molar-refractivity contribution is 5.74. The molecule has 1 unspecified atom stereocenters. The van der Waals surface area contributed by atoms with Gasteiger partial charge in [0.2, 0.25) is 0 Å². The van der Waals surface area contributed by atoms with Crippen LogP contribution in [-0.2, 0) is 4.74 Å². The highest BCUT2D eigenvalue weighted by Crippen LogP contribution is 2.30. The molecule has 2 heterocycles. The minimum absolute atomic E-state index is 0.130. The molecule has 2 amide bonds. The SMILES string of the molecule is CC(C)N1CCC2(CN(C(=O)N(C)C(C)C)CCO2)C1. The van der Waals surface area contributed by atoms with Gasteiger partial charge in [-0.15, -0.1) is 0 Å². The Hall–Kier alpha value is -0.810. The molecule has 20 heavy (non-hydrogen) atoms. The van der Waals surface area contributed by atoms with E-state index >= 15 is 0 Å². The van der Waals surface area contributed by atoms with Crippen molar-refractivity contribution in [1.82, 2.24) is 14.7 Å². The van der Waals surface area contributed by atoms with Crippen LogP contribution in [0.15, 0.2) is 0 Å². The Kier molecular flexibility index (Phi) is 4.59. The molecule has 2 fully saturated rings. The quantitative estimate of drug-likeness (QED) is 0.773. The molecule has 2 aliphatic rings. The first-order chi connectivity index (χ1) is 9.34. The smallest absolute Gasteiger partial charge is 0.320 e. The van der Waals surface area contributed by atoms with E-state index in [-0.39, 0.29) is 17.7 Å². The lowest BCUT2D eigenvalue weighted by molar-refractivity contribution is -0.0930. The van der Waals surface area contributed by atoms with Crippen LogP contribution in [0.2, 0.25) is 0 Å². The van der Waals surface area contributed by atoms with Gasteiger partial charge in [-0.3, -0.25) is 4.90 Å². The highest BCUT2D eigenvalue weighted by Gasteiger charge is 2.44. The number of rotatable bonds is 2. The normalized spacial score (nSPS) is 27.9. The number of urea groups is 1. The zero-order valence-corrected chi connectivity index (χ0v) is 13.6. The zero-order valence-electron chi connectivity index (χ0n) is 13.6. The fourth-order valence-electron chi connectivity index (χ4n) is 3.02. The molecule has 1 atom stereocenters. The van der Waals surface area contributed by atoms with Gasteiger partial charge < -0.3 is 14.5 Å². The number of carbonyl (C=O) groups excluding carboxylic acids is 1. The molecule has 0 saturated carbocycles. The van der Waals surface area contributed by atoms with Crippen LogP contribution in [0.3, 0.4) is 0 Å². The molecular formula is C15H29N3O2. The van der Waals surface area contributed by atoms with E-state index in [4.69, 9.17) is 4.74 Å². The Morgan fingerprint density at radius 3 is 2.45 bits per heavy atom. The number of carbonyl (C=O) groups is 1. The number of hydrogen-bond acceptors (Lipinski definition) is 3. The third-order valence-electron chi connectivity index (χ3n) is 4.67. The summed E-state index contributed by atoms with van der Waals surface area (Å²) in [5.41, 5.74) is -0.143. The maximum absolute atomic E-state index is 12.5. The zero-order chi connectivity index (χ0) is 14.9. The first-order valence-corrected chi connectivity index (χ1v) is 7.74. The summed E-state index contributed by atoms with van der Waals surface area (Å²) in [6.07, 6.45) is 1.03. The molecule has 2 rings (SSSR count). The maximum Gasteiger partial charge on any atom is 0.320 e. The van der Waals surface area contributed by atoms with Crippen molar-refractivity contribution in [2.24, 2.45) is 0 Å². The van der Waals surface area contributed by atoms with Gasteiger partial charge >= 0.3 is 6.03 Å². The minimum atomic E-state index is -0.143. The summed E-state index contributed by atoms with van der Waals surface area (Å²) in [5, 5.41) is 0. The molecule has 0 radical (unpaired) electrons. The van der Waals surface area contributed by atoms with E-state index < -0.39 is 0 Å². The Morgan fingerprint density at radius 1 is 1.20 bits per heavy atom. The molecule has 0 aromatic rings. The summed E-state index contributed by atoms with van der Waals surface area (Å²) < 4.78 is 6.07. The van der Waals surface area contributed by atoms with Gasteiger partial charge in [0, 0.05) is 38.8 Å². The number of ether oxygens (including phenoxy) is 1. The lowest BCUT2D eigenvalue weighted by Crippen LogP contribution is -2.58. The summed E-state index contributed by atoms with van der Waals surface area (Å²) in [7, 11) is 1.88. The van der Waals surface area contributed by atoms with Crippen molar-refractivity contribution in [2.45, 2.75) is 51.8 Å². The third-order valence-corrected chi connectivity index (χ3v) is 4.67. The van der Waals surface area contributed by atoms with Gasteiger partial charge in [0.05, 0.1) is 18.8 Å². The van der Waals surface area contributed by atoms with Crippen molar-refractivity contribution < 1.29 is 9.53 Å². The Morgan fingerprint density at radius 2 is 1.90 bits per heavy atom. The van der Waals surface area contributed by atoms with Crippen LogP contribution in [0.5, 0.6) is 0 Å². The molecule has 2 aliphatic heterocycles. The van der Waals surface area contributed by atoms with Crippen molar-refractivity contribution in [2.75, 3.05) is 39.8 Å². The Labute approximate surface area is 122 Å². The summed E-state index contributed by atoms with van der Waals surface area (Å²) in [4.78, 5) is 18.7. The molecule has 5 nitrogen and oxygen atoms in total. The van der Waals surface area contributed by atoms with Crippen LogP contribution >= 0.6 is 0 Å². The average molecular weight is 283 g/mol. The number of nitrogens with zero attached hydrogens (tertiary/aromatic N) is 3. The van der Waals surface area contributed by atoms with E-state index in [2.05, 4.69) is 18.7 Å². The summed E-state index contributed by atoms with van der Waals surface area (Å²) in [5.74, 6) is 0. The van der Waals surface area contributed by atoms with Crippen molar-refractivity contribution in [3.05, 3.63) is 0 Å². The fraction of sp³-hybridized carbons (Fsp3) is 0.933. The molecule has 1 spiro atoms. The van der Waals surface area contributed by atoms with Crippen LogP contribution in [0.4, 0.5) is 4.79 Å². The van der Waals surface area contributed by atoms with Gasteiger partial charge in [0.25, 0.3) is 0 Å². The molecule has 0 bridgehead atoms. The molecule has 2 saturated heterocycles. The van der Waals surface area contributed by atoms with E-state index in [1.54, 1.807) is 0 Å². The number of amides is 2. The molecule has 0 aliphatic carbocycles. The molecule has 0 N–H and O–H groups in total. The van der Waals surface area contributed by atoms with E-state index in [0.29, 0.717) is 19.2 Å². The average Bonchev–Trinajstić information content (AvgIpc) is 2.81. The van der Waals surface area contributed by atoms with E-state index in [1.165, 1.54) is 0 Å². The van der Waals surface area contributed by atoms with Crippen LogP contribution in [0.1, 0.15) is 34.1 Å². The first-order valence-electron chi connectivity index (χ1n) is 7.74. The lowest BCUT2D eigenvalue weighted by atomic mass is 10.0. The highest BCUT2D eigenvalue weighted by atomic mass is 16.5. The largest absolute Gasteiger partial charge is 0.370 e. The molecule has 0 aromatic carbocycles. The summed E-state index contributed by atoms with van der Waals surface area (Å²) in [6.45, 7) is 12.6. The van der Waals surface area contributed by atoms with Crippen LogP contribution in [0, 0.1) is 0 Å². The predicted molar refractivity (Wildman–Crippen MR) is 79.9 cm³/mol. The minimum Gasteiger partial charge on any atom is -0.370 e. The van der Waals surface area contributed by atoms with Crippen molar-refractivity contribution >= 4 is 6.03 Å². The van der Waals surface area contributed by atoms with Crippen LogP contribution in [-0.4, -0.2) is 78.2 Å². The lowest BCUT2D eigenvalue weighted by Gasteiger charge is -2.42. The van der Waals surface area contributed by atoms with Gasteiger partial charge in [-0.25, -0.2) is 4.79 Å². The standard InChI is InChI=1S/C15H29N3O2/c1-12(2)16(5)14(19)18-8-9-20-15(11-18)6-7-17(10-15)13(3)4/h12-13H,6-11H2,1-5H3. The summed E-state index contributed by atoms with van der Waals surface area (Å²) >= 11 is 0. The van der Waals surface area contributed by atoms with E-state index in [0.717, 1.165) is 26.1 Å². The van der Waals surface area contributed by atoms with Gasteiger partial charge in [-0.1, -0.05) is 0 Å². The van der Waals surface area contributed by atoms with Crippen molar-refractivity contribution in [3.63, 3.8) is 0 Å². The maximum atomic E-state index is 12.5. The Bertz CT molecular complexity index is 359. The van der Waals surface area contributed by atoms with Crippen LogP contribution < -0.4 is 0 Å². The third kappa shape index (κ3) is 3.09. The van der Waals surface area contributed by atoms with E-state index in [1.807, 2.05) is 30.7 Å². The Balaban J connectivity index is 2.01. The number of hydrogen-bond donors (Lipinski definition) is 0. The first kappa shape index (κ1) is 15.6. The van der Waals surface area contributed by atoms with Gasteiger partial charge in [0.15, 0.2) is 0 Å². The number of likely N-dealkylation sites (tertiary alicyclic amines) is 1. The van der Waals surface area contributed by atoms with Gasteiger partial charge in [0.1, 0.15) is 0 Å². The second-order valence-corrected chi connectivity index (χ2v) is 6.75. The monoisotopic (exact) mass is 283 g/mol. The van der Waals surface area contributed by atoms with Crippen LogP contribution in [0.25, 0.3) is 0 Å². The van der Waals surface area contributed by atoms with Gasteiger partial charge in [-0.2, -0.15) is 0 Å².